The zero-order valence-electron chi connectivity index (χ0n) is 22.1. The fourth-order valence-electron chi connectivity index (χ4n) is 8.76. The molecule has 3 saturated carbocycles. The maximum atomic E-state index is 12.3. The van der Waals surface area contributed by atoms with Crippen molar-refractivity contribution in [2.75, 3.05) is 6.61 Å². The van der Waals surface area contributed by atoms with Gasteiger partial charge in [-0.15, -0.1) is 0 Å². The molecule has 0 saturated heterocycles. The summed E-state index contributed by atoms with van der Waals surface area (Å²) in [5.41, 5.74) is -5.69. The Morgan fingerprint density at radius 1 is 0.914 bits per heavy atom. The normalized spacial score (nSPS) is 51.3. The maximum Gasteiger partial charge on any atom is 0.123 e. The molecule has 0 unspecified atom stereocenters. The molecule has 3 fully saturated rings. The molecule has 0 aromatic carbocycles. The van der Waals surface area contributed by atoms with Crippen LogP contribution in [0.5, 0.6) is 0 Å². The minimum absolute atomic E-state index is 0.113. The van der Waals surface area contributed by atoms with Crippen LogP contribution in [0, 0.1) is 40.4 Å². The summed E-state index contributed by atoms with van der Waals surface area (Å²) in [7, 11) is 0. The average molecular weight is 497 g/mol. The molecular weight excluding hydrogens is 448 g/mol. The van der Waals surface area contributed by atoms with Crippen molar-refractivity contribution in [3.63, 3.8) is 0 Å². The van der Waals surface area contributed by atoms with Crippen LogP contribution in [-0.2, 0) is 0 Å². The van der Waals surface area contributed by atoms with Crippen LogP contribution in [0.1, 0.15) is 79.6 Å². The molecule has 0 radical (unpaired) electrons. The van der Waals surface area contributed by atoms with Gasteiger partial charge in [-0.25, -0.2) is 0 Å². The largest absolute Gasteiger partial charge is 0.396 e. The predicted octanol–water partition coefficient (Wildman–Crippen LogP) is 1.75. The minimum Gasteiger partial charge on any atom is -0.396 e. The van der Waals surface area contributed by atoms with Gasteiger partial charge in [-0.05, 0) is 66.3 Å². The number of aliphatic hydroxyl groups excluding tert-OH is 5. The summed E-state index contributed by atoms with van der Waals surface area (Å²) in [6.07, 6.45) is -0.258. The van der Waals surface area contributed by atoms with Crippen molar-refractivity contribution in [1.82, 2.24) is 0 Å². The van der Waals surface area contributed by atoms with Crippen molar-refractivity contribution in [1.29, 1.82) is 0 Å². The van der Waals surface area contributed by atoms with Crippen molar-refractivity contribution in [3.05, 3.63) is 11.6 Å². The van der Waals surface area contributed by atoms with E-state index in [9.17, 15) is 35.7 Å². The Labute approximate surface area is 209 Å². The van der Waals surface area contributed by atoms with Crippen molar-refractivity contribution in [3.8, 4) is 0 Å². The lowest BCUT2D eigenvalue weighted by atomic mass is 9.42. The molecule has 35 heavy (non-hydrogen) atoms. The van der Waals surface area contributed by atoms with Gasteiger partial charge in [-0.2, -0.15) is 0 Å². The van der Waals surface area contributed by atoms with Crippen LogP contribution < -0.4 is 0 Å². The Morgan fingerprint density at radius 2 is 1.54 bits per heavy atom. The second kappa shape index (κ2) is 9.04. The highest BCUT2D eigenvalue weighted by Crippen LogP contribution is 2.69. The first-order chi connectivity index (χ1) is 16.2. The van der Waals surface area contributed by atoms with Gasteiger partial charge in [-0.3, -0.25) is 0 Å². The van der Waals surface area contributed by atoms with Crippen molar-refractivity contribution >= 4 is 0 Å². The molecule has 12 atom stereocenters. The van der Waals surface area contributed by atoms with Gasteiger partial charge in [-0.1, -0.05) is 53.5 Å². The van der Waals surface area contributed by atoms with Crippen molar-refractivity contribution in [2.45, 2.75) is 115 Å². The van der Waals surface area contributed by atoms with E-state index in [4.69, 9.17) is 0 Å². The van der Waals surface area contributed by atoms with Crippen LogP contribution in [0.4, 0.5) is 0 Å². The second-order valence-electron chi connectivity index (χ2n) is 13.3. The molecule has 7 N–H and O–H groups in total. The topological polar surface area (TPSA) is 142 Å². The molecule has 0 aromatic heterocycles. The Bertz CT molecular complexity index is 830. The van der Waals surface area contributed by atoms with Gasteiger partial charge in [0.25, 0.3) is 0 Å². The highest BCUT2D eigenvalue weighted by molar-refractivity contribution is 5.43. The van der Waals surface area contributed by atoms with Gasteiger partial charge in [0.2, 0.25) is 0 Å². The zero-order chi connectivity index (χ0) is 26.1. The minimum atomic E-state index is -2.08. The fourth-order valence-corrected chi connectivity index (χ4v) is 8.76. The molecule has 7 nitrogen and oxygen atoms in total. The molecule has 0 aromatic rings. The summed E-state index contributed by atoms with van der Waals surface area (Å²) < 4.78 is 0. The molecule has 7 heteroatoms. The van der Waals surface area contributed by atoms with E-state index < -0.39 is 54.1 Å². The molecule has 0 amide bonds. The summed E-state index contributed by atoms with van der Waals surface area (Å²) in [6.45, 7) is 10.5. The van der Waals surface area contributed by atoms with Crippen LogP contribution >= 0.6 is 0 Å². The number of aliphatic hydroxyl groups is 7. The van der Waals surface area contributed by atoms with Crippen LogP contribution in [0.25, 0.3) is 0 Å². The Kier molecular flexibility index (Phi) is 7.10. The third-order valence-electron chi connectivity index (χ3n) is 11.4. The van der Waals surface area contributed by atoms with Gasteiger partial charge in [0.05, 0.1) is 30.3 Å². The lowest BCUT2D eigenvalue weighted by Gasteiger charge is -2.67. The van der Waals surface area contributed by atoms with E-state index in [0.717, 1.165) is 25.7 Å². The van der Waals surface area contributed by atoms with Gasteiger partial charge in [0.15, 0.2) is 0 Å². The van der Waals surface area contributed by atoms with Crippen LogP contribution in [0.15, 0.2) is 11.6 Å². The van der Waals surface area contributed by atoms with E-state index in [0.29, 0.717) is 35.7 Å². The average Bonchev–Trinajstić information content (AvgIpc) is 3.12. The summed E-state index contributed by atoms with van der Waals surface area (Å²) in [6, 6.07) is 0. The highest BCUT2D eigenvalue weighted by atomic mass is 16.4. The van der Waals surface area contributed by atoms with E-state index in [1.165, 1.54) is 6.08 Å². The summed E-state index contributed by atoms with van der Waals surface area (Å²) in [5.74, 6) is 1.93. The van der Waals surface area contributed by atoms with Crippen LogP contribution in [0.2, 0.25) is 0 Å². The molecule has 4 aliphatic carbocycles. The van der Waals surface area contributed by atoms with E-state index in [-0.39, 0.29) is 17.8 Å². The summed E-state index contributed by atoms with van der Waals surface area (Å²) >= 11 is 0. The summed E-state index contributed by atoms with van der Waals surface area (Å²) in [4.78, 5) is 0. The van der Waals surface area contributed by atoms with Crippen molar-refractivity contribution in [2.24, 2.45) is 40.4 Å². The first-order valence-corrected chi connectivity index (χ1v) is 13.7. The first kappa shape index (κ1) is 27.5. The number of hydrogen-bond donors (Lipinski definition) is 7. The number of hydrogen-bond acceptors (Lipinski definition) is 7. The second-order valence-corrected chi connectivity index (χ2v) is 13.3. The number of fused-ring (bicyclic) bond motifs is 5. The van der Waals surface area contributed by atoms with Gasteiger partial charge < -0.3 is 35.7 Å². The zero-order valence-corrected chi connectivity index (χ0v) is 22.1. The third-order valence-corrected chi connectivity index (χ3v) is 11.4. The molecule has 202 valence electrons. The predicted molar refractivity (Wildman–Crippen MR) is 132 cm³/mol. The first-order valence-electron chi connectivity index (χ1n) is 13.7. The van der Waals surface area contributed by atoms with Crippen LogP contribution in [-0.4, -0.2) is 78.0 Å². The SMILES string of the molecule is CC(C)[C@@H](C)CC[C@@H](C)[C@H]1CC[C@H]2C3=C[C@H](O)[C@]4(O)C[C@H](O)[C@@H](O)C[C@]4(CO)[C@@]3(O)[C@H](O)C[C@]12C. The Hall–Kier alpha value is -0.540. The van der Waals surface area contributed by atoms with Crippen molar-refractivity contribution < 1.29 is 35.7 Å². The van der Waals surface area contributed by atoms with Gasteiger partial charge in [0, 0.05) is 6.42 Å². The molecular formula is C28H48O7. The monoisotopic (exact) mass is 496 g/mol. The lowest BCUT2D eigenvalue weighted by molar-refractivity contribution is -0.311. The molecule has 4 aliphatic rings. The standard InChI is InChI=1S/C28H48O7/c1-15(2)16(3)6-7-17(4)18-8-9-19-20-10-23(32)27(34)12-22(31)21(30)11-26(27,14-29)28(20,35)24(33)13-25(18,19)5/h10,15-19,21-24,29-35H,6-9,11-14H2,1-5H3/t16-,17+,18+,19-,21-,22-,23-,24+,25+,26+,27+,28-/m0/s1. The molecule has 0 spiro atoms. The van der Waals surface area contributed by atoms with Gasteiger partial charge in [0.1, 0.15) is 17.3 Å². The molecule has 4 rings (SSSR count). The highest BCUT2D eigenvalue weighted by Gasteiger charge is 2.76. The molecule has 0 aliphatic heterocycles. The maximum absolute atomic E-state index is 12.3. The van der Waals surface area contributed by atoms with E-state index in [1.807, 2.05) is 0 Å². The fraction of sp³-hybridized carbons (Fsp3) is 0.929. The lowest BCUT2D eigenvalue weighted by Crippen LogP contribution is -2.79. The Morgan fingerprint density at radius 3 is 2.14 bits per heavy atom. The van der Waals surface area contributed by atoms with E-state index in [2.05, 4.69) is 34.6 Å². The van der Waals surface area contributed by atoms with Gasteiger partial charge >= 0.3 is 0 Å². The third kappa shape index (κ3) is 3.63. The Balaban J connectivity index is 1.72. The molecule has 0 heterocycles. The number of rotatable bonds is 6. The quantitative estimate of drug-likeness (QED) is 0.278. The van der Waals surface area contributed by atoms with E-state index >= 15 is 0 Å². The smallest absolute Gasteiger partial charge is 0.123 e. The van der Waals surface area contributed by atoms with Crippen LogP contribution in [0.3, 0.4) is 0 Å². The summed E-state index contributed by atoms with van der Waals surface area (Å²) in [5, 5.41) is 78.1. The van der Waals surface area contributed by atoms with E-state index in [1.54, 1.807) is 0 Å². The molecule has 0 bridgehead atoms.